The average molecular weight is 700 g/mol. The number of nitrogens with two attached hydrogens (primary N) is 1. The molecule has 4 aromatic rings. The number of rotatable bonds is 2. The van der Waals surface area contributed by atoms with E-state index in [1.807, 2.05) is 13.8 Å². The molecule has 3 unspecified atom stereocenters. The van der Waals surface area contributed by atoms with E-state index in [4.69, 9.17) is 61.7 Å². The largest absolute Gasteiger partial charge is 0.382 e. The first-order valence-corrected chi connectivity index (χ1v) is 19.0. The molecule has 4 fully saturated rings. The monoisotopic (exact) mass is 699 g/mol. The van der Waals surface area contributed by atoms with E-state index in [1.165, 1.54) is 19.0 Å². The van der Waals surface area contributed by atoms with Gasteiger partial charge >= 0.3 is 13.4 Å². The highest BCUT2D eigenvalue weighted by molar-refractivity contribution is 8.07. The van der Waals surface area contributed by atoms with Gasteiger partial charge in [-0.3, -0.25) is 13.7 Å². The van der Waals surface area contributed by atoms with Crippen LogP contribution in [0.2, 0.25) is 0 Å². The van der Waals surface area contributed by atoms with Gasteiger partial charge in [0.2, 0.25) is 0 Å². The summed E-state index contributed by atoms with van der Waals surface area (Å²) in [5.41, 5.74) is 7.13. The maximum Gasteiger partial charge on any atom is 0.325 e. The minimum atomic E-state index is -3.97. The first-order valence-electron chi connectivity index (χ1n) is 13.8. The van der Waals surface area contributed by atoms with Crippen LogP contribution >= 0.6 is 13.4 Å². The standard InChI is InChI=1S/C23H27N9O9P2S2/c1-10-12-3-36-42(33,44)41-17-16-22(32-9-30-14-18(24)26-7-28-20(14)32)39-23(17,4-35-16)5-37-43(34,45)40-15(10)21(38-12)31-8-29-13-11(2)25-6-27-19(13)31/h6-10,12,15-17,21-22H,3-5H2,1-2H3,(H,33,44)(H,34,45)(H2,24,26,28)/t10-,12-,15-,16-,17?,21-,22-,23-,42?,43?/m1/s1. The summed E-state index contributed by atoms with van der Waals surface area (Å²) >= 11 is 11.0. The molecule has 8 rings (SSSR count). The average Bonchev–Trinajstić information content (AvgIpc) is 3.80. The molecule has 0 radical (unpaired) electrons. The number of fused-ring (bicyclic) bond motifs is 4. The third kappa shape index (κ3) is 4.95. The molecular weight excluding hydrogens is 672 g/mol. The van der Waals surface area contributed by atoms with Crippen LogP contribution in [0.4, 0.5) is 5.82 Å². The predicted molar refractivity (Wildman–Crippen MR) is 160 cm³/mol. The van der Waals surface area contributed by atoms with E-state index in [2.05, 4.69) is 29.9 Å². The number of hydrogen-bond acceptors (Lipinski definition) is 16. The fraction of sp³-hybridized carbons (Fsp3) is 0.565. The summed E-state index contributed by atoms with van der Waals surface area (Å²) in [6.07, 6.45) is 0.788. The van der Waals surface area contributed by atoms with Crippen molar-refractivity contribution in [2.24, 2.45) is 5.92 Å². The highest BCUT2D eigenvalue weighted by atomic mass is 32.5. The molecule has 22 heteroatoms. The van der Waals surface area contributed by atoms with E-state index in [9.17, 15) is 9.79 Å². The van der Waals surface area contributed by atoms with Gasteiger partial charge < -0.3 is 43.3 Å². The van der Waals surface area contributed by atoms with Crippen LogP contribution in [0.3, 0.4) is 0 Å². The lowest BCUT2D eigenvalue weighted by Crippen LogP contribution is -2.45. The van der Waals surface area contributed by atoms with Crippen molar-refractivity contribution >= 4 is 65.2 Å². The Balaban J connectivity index is 1.14. The van der Waals surface area contributed by atoms with Crippen LogP contribution in [-0.2, 0) is 55.9 Å². The first-order chi connectivity index (χ1) is 21.5. The van der Waals surface area contributed by atoms with Crippen LogP contribution in [0.15, 0.2) is 25.3 Å². The molecule has 18 nitrogen and oxygen atoms in total. The molecule has 45 heavy (non-hydrogen) atoms. The number of nitrogen functional groups attached to an aromatic ring is 1. The first kappa shape index (κ1) is 30.2. The zero-order chi connectivity index (χ0) is 31.3. The second kappa shape index (κ2) is 10.7. The Morgan fingerprint density at radius 3 is 2.38 bits per heavy atom. The van der Waals surface area contributed by atoms with Crippen LogP contribution < -0.4 is 5.73 Å². The SMILES string of the molecule is Cc1ncnc2c1ncn2[C@@H]1O[C@@H]2COP(O)(=S)OC3[C@H]4OC[C@]3(COP(O)(=S)O[C@@H]1[C@@H]2C)O[C@H]4n1cnc2c(N)ncnc21. The Morgan fingerprint density at radius 2 is 1.58 bits per heavy atom. The zero-order valence-corrected chi connectivity index (χ0v) is 27.0. The summed E-state index contributed by atoms with van der Waals surface area (Å²) in [5.74, 6) is -0.220. The molecule has 4 bridgehead atoms. The number of ether oxygens (including phenoxy) is 3. The van der Waals surface area contributed by atoms with Gasteiger partial charge in [0, 0.05) is 5.92 Å². The summed E-state index contributed by atoms with van der Waals surface area (Å²) in [7, 11) is 0. The molecule has 10 atom stereocenters. The van der Waals surface area contributed by atoms with Crippen LogP contribution in [0.25, 0.3) is 22.3 Å². The van der Waals surface area contributed by atoms with Gasteiger partial charge in [-0.2, -0.15) is 0 Å². The predicted octanol–water partition coefficient (Wildman–Crippen LogP) is 1.01. The Hall–Kier alpha value is -2.16. The summed E-state index contributed by atoms with van der Waals surface area (Å²) in [4.78, 5) is 48.3. The van der Waals surface area contributed by atoms with Crippen LogP contribution in [0, 0.1) is 12.8 Å². The van der Waals surface area contributed by atoms with Crippen molar-refractivity contribution in [2.45, 2.75) is 56.3 Å². The molecule has 0 saturated carbocycles. The van der Waals surface area contributed by atoms with Crippen molar-refractivity contribution in [3.05, 3.63) is 31.0 Å². The molecule has 4 aliphatic heterocycles. The van der Waals surface area contributed by atoms with Crippen LogP contribution in [0.1, 0.15) is 25.1 Å². The van der Waals surface area contributed by atoms with Gasteiger partial charge in [-0.05, 0) is 30.5 Å². The normalized spacial score (nSPS) is 40.3. The van der Waals surface area contributed by atoms with Gasteiger partial charge in [0.15, 0.2) is 29.6 Å². The van der Waals surface area contributed by atoms with Gasteiger partial charge in [-0.1, -0.05) is 6.92 Å². The molecule has 0 spiro atoms. The second-order valence-corrected chi connectivity index (χ2v) is 16.8. The molecule has 8 heterocycles. The van der Waals surface area contributed by atoms with E-state index in [-0.39, 0.29) is 25.6 Å². The second-order valence-electron chi connectivity index (χ2n) is 11.2. The molecule has 4 aromatic heterocycles. The fourth-order valence-corrected chi connectivity index (χ4v) is 9.18. The summed E-state index contributed by atoms with van der Waals surface area (Å²) in [6, 6.07) is 0. The number of aromatic nitrogens is 8. The maximum absolute atomic E-state index is 11.4. The van der Waals surface area contributed by atoms with Gasteiger partial charge in [-0.15, -0.1) is 0 Å². The Labute approximate surface area is 264 Å². The van der Waals surface area contributed by atoms with E-state index in [1.54, 1.807) is 15.5 Å². The Morgan fingerprint density at radius 1 is 0.889 bits per heavy atom. The highest BCUT2D eigenvalue weighted by Crippen LogP contribution is 2.59. The third-order valence-corrected chi connectivity index (χ3v) is 11.6. The lowest BCUT2D eigenvalue weighted by atomic mass is 10.0. The molecule has 4 saturated heterocycles. The quantitative estimate of drug-likeness (QED) is 0.249. The minimum absolute atomic E-state index is 0.0263. The van der Waals surface area contributed by atoms with Crippen LogP contribution in [-0.4, -0.2) is 98.7 Å². The van der Waals surface area contributed by atoms with Gasteiger partial charge in [-0.25, -0.2) is 29.9 Å². The summed E-state index contributed by atoms with van der Waals surface area (Å²) in [5, 5.41) is 0. The molecule has 4 N–H and O–H groups in total. The van der Waals surface area contributed by atoms with Crippen molar-refractivity contribution in [1.82, 2.24) is 39.0 Å². The van der Waals surface area contributed by atoms with Crippen LogP contribution in [0.5, 0.6) is 0 Å². The number of hydrogen-bond donors (Lipinski definition) is 3. The molecule has 240 valence electrons. The van der Waals surface area contributed by atoms with Gasteiger partial charge in [0.05, 0.1) is 44.3 Å². The zero-order valence-electron chi connectivity index (χ0n) is 23.6. The lowest BCUT2D eigenvalue weighted by Gasteiger charge is -2.33. The smallest absolute Gasteiger partial charge is 0.325 e. The van der Waals surface area contributed by atoms with Gasteiger partial charge in [0.1, 0.15) is 47.6 Å². The number of aryl methyl sites for hydroxylation is 1. The van der Waals surface area contributed by atoms with E-state index >= 15 is 0 Å². The Bertz CT molecular complexity index is 1920. The number of imidazole rings is 2. The highest BCUT2D eigenvalue weighted by Gasteiger charge is 2.65. The molecular formula is C23H27N9O9P2S2. The molecule has 4 aliphatic rings. The van der Waals surface area contributed by atoms with Gasteiger partial charge in [0.25, 0.3) is 0 Å². The number of nitrogens with zero attached hydrogens (tertiary/aromatic N) is 8. The van der Waals surface area contributed by atoms with E-state index < -0.39 is 61.8 Å². The van der Waals surface area contributed by atoms with E-state index in [0.29, 0.717) is 28.0 Å². The fourth-order valence-electron chi connectivity index (χ4n) is 6.22. The maximum atomic E-state index is 11.4. The van der Waals surface area contributed by atoms with Crippen molar-refractivity contribution in [1.29, 1.82) is 0 Å². The van der Waals surface area contributed by atoms with Crippen molar-refractivity contribution in [3.63, 3.8) is 0 Å². The molecule has 0 aliphatic carbocycles. The lowest BCUT2D eigenvalue weighted by molar-refractivity contribution is -0.183. The van der Waals surface area contributed by atoms with E-state index in [0.717, 1.165) is 0 Å². The number of anilines is 1. The topological polar surface area (TPSA) is 218 Å². The van der Waals surface area contributed by atoms with Crippen molar-refractivity contribution in [2.75, 3.05) is 25.6 Å². The minimum Gasteiger partial charge on any atom is -0.382 e. The molecule has 0 aromatic carbocycles. The summed E-state index contributed by atoms with van der Waals surface area (Å²) < 4.78 is 46.3. The Kier molecular flexibility index (Phi) is 7.16. The van der Waals surface area contributed by atoms with Crippen molar-refractivity contribution in [3.8, 4) is 0 Å². The van der Waals surface area contributed by atoms with Crippen molar-refractivity contribution < 1.29 is 42.1 Å². The third-order valence-electron chi connectivity index (χ3n) is 8.53. The summed E-state index contributed by atoms with van der Waals surface area (Å²) in [6.45, 7) is -4.75. The molecule has 0 amide bonds.